The molecule has 4 nitrogen and oxygen atoms in total. The van der Waals surface area contributed by atoms with Gasteiger partial charge in [-0.05, 0) is 12.1 Å². The Morgan fingerprint density at radius 1 is 1.57 bits per heavy atom. The minimum atomic E-state index is -0.545. The molecule has 0 unspecified atom stereocenters. The number of carbonyl (C=O) groups is 2. The molecule has 0 bridgehead atoms. The van der Waals surface area contributed by atoms with Crippen LogP contribution in [0.1, 0.15) is 10.4 Å². The molecule has 0 aliphatic carbocycles. The van der Waals surface area contributed by atoms with Crippen molar-refractivity contribution >= 4 is 29.7 Å². The zero-order valence-electron chi connectivity index (χ0n) is 7.41. The second-order valence-corrected chi connectivity index (χ2v) is 2.82. The lowest BCUT2D eigenvalue weighted by molar-refractivity contribution is -0.105. The van der Waals surface area contributed by atoms with E-state index in [1.54, 1.807) is 12.1 Å². The Labute approximate surface area is 85.8 Å². The first-order valence-electron chi connectivity index (χ1n) is 3.77. The van der Waals surface area contributed by atoms with Crippen molar-refractivity contribution in [3.8, 4) is 0 Å². The third kappa shape index (κ3) is 2.03. The maximum absolute atomic E-state index is 11.2. The van der Waals surface area contributed by atoms with Crippen LogP contribution in [0.5, 0.6) is 0 Å². The third-order valence-corrected chi connectivity index (χ3v) is 1.94. The number of hydrogen-bond acceptors (Lipinski definition) is 3. The fraction of sp³-hybridized carbons (Fsp3) is 0.111. The summed E-state index contributed by atoms with van der Waals surface area (Å²) in [5, 5.41) is 2.64. The van der Waals surface area contributed by atoms with Crippen LogP contribution in [0.4, 0.5) is 5.69 Å². The van der Waals surface area contributed by atoms with Crippen molar-refractivity contribution in [1.82, 2.24) is 0 Å². The number of nitrogens with one attached hydrogen (secondary N) is 1. The number of amides is 1. The van der Waals surface area contributed by atoms with Gasteiger partial charge in [0.05, 0.1) is 23.4 Å². The minimum Gasteiger partial charge on any atom is -0.465 e. The molecule has 14 heavy (non-hydrogen) atoms. The highest BCUT2D eigenvalue weighted by Crippen LogP contribution is 2.25. The number of benzene rings is 1. The van der Waals surface area contributed by atoms with Gasteiger partial charge in [0.2, 0.25) is 6.41 Å². The SMILES string of the molecule is COC(=O)c1cccc(Cl)c1NC=O. The van der Waals surface area contributed by atoms with Crippen molar-refractivity contribution in [3.63, 3.8) is 0 Å². The summed E-state index contributed by atoms with van der Waals surface area (Å²) in [6, 6.07) is 4.69. The van der Waals surface area contributed by atoms with E-state index < -0.39 is 5.97 Å². The number of rotatable bonds is 3. The van der Waals surface area contributed by atoms with E-state index in [-0.39, 0.29) is 11.3 Å². The molecule has 0 saturated heterocycles. The summed E-state index contributed by atoms with van der Waals surface area (Å²) in [4.78, 5) is 21.5. The molecule has 1 N–H and O–H groups in total. The minimum absolute atomic E-state index is 0.229. The highest BCUT2D eigenvalue weighted by atomic mass is 35.5. The van der Waals surface area contributed by atoms with Crippen molar-refractivity contribution in [2.24, 2.45) is 0 Å². The van der Waals surface area contributed by atoms with Crippen molar-refractivity contribution < 1.29 is 14.3 Å². The Bertz CT molecular complexity index is 365. The van der Waals surface area contributed by atoms with E-state index in [1.165, 1.54) is 13.2 Å². The first kappa shape index (κ1) is 10.5. The summed E-state index contributed by atoms with van der Waals surface area (Å²) in [6.07, 6.45) is 0.452. The molecule has 0 spiro atoms. The number of para-hydroxylation sites is 1. The van der Waals surface area contributed by atoms with Gasteiger partial charge in [-0.2, -0.15) is 0 Å². The van der Waals surface area contributed by atoms with Gasteiger partial charge >= 0.3 is 5.97 Å². The monoisotopic (exact) mass is 213 g/mol. The van der Waals surface area contributed by atoms with Crippen LogP contribution in [-0.4, -0.2) is 19.5 Å². The lowest BCUT2D eigenvalue weighted by Gasteiger charge is -2.07. The van der Waals surface area contributed by atoms with E-state index in [1.807, 2.05) is 0 Å². The van der Waals surface area contributed by atoms with Gasteiger partial charge in [-0.25, -0.2) is 4.79 Å². The van der Waals surface area contributed by atoms with Gasteiger partial charge < -0.3 is 10.1 Å². The summed E-state index contributed by atoms with van der Waals surface area (Å²) >= 11 is 5.78. The molecule has 1 rings (SSSR count). The van der Waals surface area contributed by atoms with Crippen molar-refractivity contribution in [3.05, 3.63) is 28.8 Å². The molecule has 0 aliphatic rings. The average molecular weight is 214 g/mol. The van der Waals surface area contributed by atoms with Gasteiger partial charge in [-0.1, -0.05) is 17.7 Å². The van der Waals surface area contributed by atoms with Gasteiger partial charge in [-0.3, -0.25) is 4.79 Å². The van der Waals surface area contributed by atoms with E-state index in [0.717, 1.165) is 0 Å². The molecule has 0 aliphatic heterocycles. The molecule has 1 amide bonds. The van der Waals surface area contributed by atoms with Crippen LogP contribution in [0.25, 0.3) is 0 Å². The first-order chi connectivity index (χ1) is 6.70. The molecule has 1 aromatic carbocycles. The molecule has 1 aromatic rings. The van der Waals surface area contributed by atoms with Gasteiger partial charge in [-0.15, -0.1) is 0 Å². The van der Waals surface area contributed by atoms with Crippen molar-refractivity contribution in [2.75, 3.05) is 12.4 Å². The quantitative estimate of drug-likeness (QED) is 0.614. The molecule has 5 heteroatoms. The van der Waals surface area contributed by atoms with Crippen LogP contribution in [0.15, 0.2) is 18.2 Å². The Balaban J connectivity index is 3.20. The molecular formula is C9H8ClNO3. The topological polar surface area (TPSA) is 55.4 Å². The number of esters is 1. The first-order valence-corrected chi connectivity index (χ1v) is 4.15. The fourth-order valence-corrected chi connectivity index (χ4v) is 1.24. The van der Waals surface area contributed by atoms with E-state index in [0.29, 0.717) is 11.4 Å². The largest absolute Gasteiger partial charge is 0.465 e. The van der Waals surface area contributed by atoms with E-state index in [9.17, 15) is 9.59 Å². The van der Waals surface area contributed by atoms with Crippen LogP contribution in [0.2, 0.25) is 5.02 Å². The Morgan fingerprint density at radius 2 is 2.29 bits per heavy atom. The smallest absolute Gasteiger partial charge is 0.340 e. The van der Waals surface area contributed by atoms with Crippen LogP contribution in [-0.2, 0) is 9.53 Å². The molecule has 0 aromatic heterocycles. The predicted octanol–water partition coefficient (Wildman–Crippen LogP) is 1.69. The van der Waals surface area contributed by atoms with E-state index in [4.69, 9.17) is 11.6 Å². The molecule has 0 fully saturated rings. The van der Waals surface area contributed by atoms with Gasteiger partial charge in [0, 0.05) is 0 Å². The molecule has 0 radical (unpaired) electrons. The fourth-order valence-electron chi connectivity index (χ4n) is 1.01. The Hall–Kier alpha value is -1.55. The van der Waals surface area contributed by atoms with E-state index in [2.05, 4.69) is 10.1 Å². The molecule has 0 atom stereocenters. The predicted molar refractivity (Wildman–Crippen MR) is 52.5 cm³/mol. The van der Waals surface area contributed by atoms with Crippen LogP contribution < -0.4 is 5.32 Å². The van der Waals surface area contributed by atoms with Crippen molar-refractivity contribution in [2.45, 2.75) is 0 Å². The van der Waals surface area contributed by atoms with Crippen LogP contribution in [0.3, 0.4) is 0 Å². The maximum Gasteiger partial charge on any atom is 0.340 e. The van der Waals surface area contributed by atoms with Crippen LogP contribution in [0, 0.1) is 0 Å². The van der Waals surface area contributed by atoms with Crippen molar-refractivity contribution in [1.29, 1.82) is 0 Å². The highest BCUT2D eigenvalue weighted by molar-refractivity contribution is 6.34. The van der Waals surface area contributed by atoms with Crippen LogP contribution >= 0.6 is 11.6 Å². The number of halogens is 1. The highest BCUT2D eigenvalue weighted by Gasteiger charge is 2.13. The average Bonchev–Trinajstić information content (AvgIpc) is 2.20. The zero-order valence-corrected chi connectivity index (χ0v) is 8.17. The number of methoxy groups -OCH3 is 1. The second-order valence-electron chi connectivity index (χ2n) is 2.42. The zero-order chi connectivity index (χ0) is 10.6. The van der Waals surface area contributed by atoms with Gasteiger partial charge in [0.25, 0.3) is 0 Å². The Kier molecular flexibility index (Phi) is 3.48. The maximum atomic E-state index is 11.2. The second kappa shape index (κ2) is 4.62. The molecule has 0 saturated carbocycles. The standard InChI is InChI=1S/C9H8ClNO3/c1-14-9(13)6-3-2-4-7(10)8(6)11-5-12/h2-5H,1H3,(H,11,12). The number of ether oxygens (including phenoxy) is 1. The summed E-state index contributed by atoms with van der Waals surface area (Å²) in [7, 11) is 1.26. The summed E-state index contributed by atoms with van der Waals surface area (Å²) in [5.74, 6) is -0.545. The number of carbonyl (C=O) groups excluding carboxylic acids is 2. The number of hydrogen-bond donors (Lipinski definition) is 1. The van der Waals surface area contributed by atoms with E-state index >= 15 is 0 Å². The summed E-state index contributed by atoms with van der Waals surface area (Å²) in [6.45, 7) is 0. The number of anilines is 1. The molecule has 0 heterocycles. The third-order valence-electron chi connectivity index (χ3n) is 1.62. The summed E-state index contributed by atoms with van der Waals surface area (Å²) in [5.41, 5.74) is 0.489. The molecular weight excluding hydrogens is 206 g/mol. The summed E-state index contributed by atoms with van der Waals surface area (Å²) < 4.78 is 4.52. The van der Waals surface area contributed by atoms with Gasteiger partial charge in [0.1, 0.15) is 0 Å². The molecule has 74 valence electrons. The lowest BCUT2D eigenvalue weighted by atomic mass is 10.2. The normalized spacial score (nSPS) is 9.29. The Morgan fingerprint density at radius 3 is 2.86 bits per heavy atom. The van der Waals surface area contributed by atoms with Gasteiger partial charge in [0.15, 0.2) is 0 Å². The lowest BCUT2D eigenvalue weighted by Crippen LogP contribution is -2.07.